The molecule has 0 atom stereocenters. The molecule has 0 amide bonds. The topological polar surface area (TPSA) is 112 Å². The Balaban J connectivity index is 1.77. The van der Waals surface area contributed by atoms with Crippen molar-refractivity contribution in [2.45, 2.75) is 13.5 Å². The smallest absolute Gasteiger partial charge is 0.280 e. The van der Waals surface area contributed by atoms with E-state index in [4.69, 9.17) is 14.5 Å². The van der Waals surface area contributed by atoms with Crippen molar-refractivity contribution in [3.05, 3.63) is 86.7 Å². The van der Waals surface area contributed by atoms with Gasteiger partial charge in [-0.15, -0.1) is 11.3 Å². The second kappa shape index (κ2) is 11.0. The summed E-state index contributed by atoms with van der Waals surface area (Å²) in [5, 5.41) is 19.5. The molecule has 0 bridgehead atoms. The van der Waals surface area contributed by atoms with E-state index in [9.17, 15) is 9.90 Å². The van der Waals surface area contributed by atoms with Gasteiger partial charge in [0.15, 0.2) is 17.3 Å². The van der Waals surface area contributed by atoms with Crippen LogP contribution < -0.4 is 25.5 Å². The third-order valence-electron chi connectivity index (χ3n) is 6.11. The van der Waals surface area contributed by atoms with Crippen LogP contribution in [0.25, 0.3) is 51.2 Å². The molecule has 0 aliphatic heterocycles. The van der Waals surface area contributed by atoms with E-state index in [1.807, 2.05) is 30.5 Å². The van der Waals surface area contributed by atoms with Gasteiger partial charge >= 0.3 is 0 Å². The summed E-state index contributed by atoms with van der Waals surface area (Å²) >= 11 is 1.41. The number of allylic oxidation sites excluding steroid dienone is 2. The molecule has 196 valence electrons. The van der Waals surface area contributed by atoms with Gasteiger partial charge in [-0.2, -0.15) is 9.78 Å². The fourth-order valence-electron chi connectivity index (χ4n) is 4.23. The summed E-state index contributed by atoms with van der Waals surface area (Å²) in [5.41, 5.74) is 1.87. The van der Waals surface area contributed by atoms with Gasteiger partial charge in [0.25, 0.3) is 5.56 Å². The van der Waals surface area contributed by atoms with Crippen LogP contribution in [0.4, 0.5) is 0 Å². The number of aliphatic hydroxyl groups is 1. The Hall–Kier alpha value is -4.67. The number of methoxy groups -OCH3 is 2. The van der Waals surface area contributed by atoms with Gasteiger partial charge in [0.05, 0.1) is 37.4 Å². The molecule has 1 aromatic carbocycles. The Labute approximate surface area is 227 Å². The molecule has 5 aromatic rings. The lowest BCUT2D eigenvalue weighted by molar-refractivity contribution is 0.277. The van der Waals surface area contributed by atoms with Crippen molar-refractivity contribution in [2.75, 3.05) is 14.2 Å². The zero-order valence-corrected chi connectivity index (χ0v) is 22.4. The molecule has 0 spiro atoms. The van der Waals surface area contributed by atoms with Crippen molar-refractivity contribution >= 4 is 34.8 Å². The standard InChI is InChI=1S/C29H25N5O4S/c1-5-6-7-21-17(2)26(28-31-10-11-39-28)33-34(29(21)36)25-14-18(8-9-30-25)27-22-15-24(38-4)23(37-3)13-19(22)12-20(16-35)32-27/h5-15,35H,2,16H2,1,3-4H3/b6-5-,21-7+. The number of nitrogens with zero attached hydrogens (tertiary/aromatic N) is 5. The molecule has 0 saturated carbocycles. The Morgan fingerprint density at radius 3 is 2.56 bits per heavy atom. The highest BCUT2D eigenvalue weighted by Gasteiger charge is 2.16. The van der Waals surface area contributed by atoms with Crippen LogP contribution in [-0.4, -0.2) is 44.1 Å². The van der Waals surface area contributed by atoms with Crippen molar-refractivity contribution in [3.63, 3.8) is 0 Å². The first-order valence-electron chi connectivity index (χ1n) is 12.0. The van der Waals surface area contributed by atoms with E-state index in [0.717, 1.165) is 10.8 Å². The Kier molecular flexibility index (Phi) is 7.31. The molecule has 4 heterocycles. The Bertz CT molecular complexity index is 1880. The molecule has 5 rings (SSSR count). The minimum atomic E-state index is -0.364. The van der Waals surface area contributed by atoms with Gasteiger partial charge in [-0.05, 0) is 48.7 Å². The van der Waals surface area contributed by atoms with Crippen LogP contribution in [0.3, 0.4) is 0 Å². The molecule has 0 saturated heterocycles. The number of aromatic nitrogens is 5. The molecule has 9 nitrogen and oxygen atoms in total. The number of fused-ring (bicyclic) bond motifs is 1. The van der Waals surface area contributed by atoms with E-state index < -0.39 is 0 Å². The van der Waals surface area contributed by atoms with E-state index in [2.05, 4.69) is 21.6 Å². The van der Waals surface area contributed by atoms with E-state index in [-0.39, 0.29) is 12.2 Å². The van der Waals surface area contributed by atoms with Crippen molar-refractivity contribution in [1.29, 1.82) is 0 Å². The number of pyridine rings is 2. The average Bonchev–Trinajstić information content (AvgIpc) is 3.50. The molecule has 0 fully saturated rings. The summed E-state index contributed by atoms with van der Waals surface area (Å²) in [6.45, 7) is 5.74. The van der Waals surface area contributed by atoms with Crippen LogP contribution in [0.15, 0.2) is 65.1 Å². The van der Waals surface area contributed by atoms with Crippen LogP contribution in [0.5, 0.6) is 11.5 Å². The maximum absolute atomic E-state index is 13.6. The van der Waals surface area contributed by atoms with Gasteiger partial charge in [0, 0.05) is 33.9 Å². The molecule has 0 unspecified atom stereocenters. The maximum Gasteiger partial charge on any atom is 0.280 e. The zero-order chi connectivity index (χ0) is 27.5. The van der Waals surface area contributed by atoms with E-state index >= 15 is 0 Å². The first-order chi connectivity index (χ1) is 19.0. The second-order valence-electron chi connectivity index (χ2n) is 8.44. The van der Waals surface area contributed by atoms with Crippen LogP contribution in [0, 0.1) is 0 Å². The van der Waals surface area contributed by atoms with Gasteiger partial charge in [-0.25, -0.2) is 15.0 Å². The van der Waals surface area contributed by atoms with Gasteiger partial charge in [-0.3, -0.25) is 4.79 Å². The van der Waals surface area contributed by atoms with Crippen LogP contribution in [0.2, 0.25) is 0 Å². The SMILES string of the molecule is C=c1c(-c2nccs2)nn(-c2cc(-c3nc(CO)cc4cc(OC)c(OC)cc34)ccn2)c(=O)/c1=C/C=C\C. The second-order valence-corrected chi connectivity index (χ2v) is 9.33. The van der Waals surface area contributed by atoms with Gasteiger partial charge in [-0.1, -0.05) is 18.7 Å². The molecule has 0 radical (unpaired) electrons. The number of benzene rings is 1. The monoisotopic (exact) mass is 539 g/mol. The Morgan fingerprint density at radius 2 is 1.87 bits per heavy atom. The van der Waals surface area contributed by atoms with E-state index in [1.165, 1.54) is 16.0 Å². The molecule has 0 aliphatic carbocycles. The lowest BCUT2D eigenvalue weighted by atomic mass is 10.0. The molecule has 10 heteroatoms. The summed E-state index contributed by atoms with van der Waals surface area (Å²) in [5.74, 6) is 1.40. The predicted molar refractivity (Wildman–Crippen MR) is 153 cm³/mol. The quantitative estimate of drug-likeness (QED) is 0.336. The van der Waals surface area contributed by atoms with Gasteiger partial charge in [0.2, 0.25) is 0 Å². The minimum Gasteiger partial charge on any atom is -0.493 e. The average molecular weight is 540 g/mol. The highest BCUT2D eigenvalue weighted by molar-refractivity contribution is 7.13. The van der Waals surface area contributed by atoms with Crippen molar-refractivity contribution in [3.8, 4) is 39.3 Å². The normalized spacial score (nSPS) is 11.9. The first-order valence-corrected chi connectivity index (χ1v) is 12.9. The zero-order valence-electron chi connectivity index (χ0n) is 21.6. The molecule has 4 aromatic heterocycles. The largest absolute Gasteiger partial charge is 0.493 e. The van der Waals surface area contributed by atoms with Crippen molar-refractivity contribution in [1.82, 2.24) is 24.7 Å². The first kappa shape index (κ1) is 26.0. The number of thiazole rings is 1. The number of ether oxygens (including phenoxy) is 2. The molecular formula is C29H25N5O4S. The van der Waals surface area contributed by atoms with Gasteiger partial charge < -0.3 is 14.6 Å². The van der Waals surface area contributed by atoms with E-state index in [1.54, 1.807) is 57.0 Å². The Morgan fingerprint density at radius 1 is 1.08 bits per heavy atom. The fourth-order valence-corrected chi connectivity index (χ4v) is 4.87. The summed E-state index contributed by atoms with van der Waals surface area (Å²) in [4.78, 5) is 27.1. The lowest BCUT2D eigenvalue weighted by Crippen LogP contribution is -2.46. The minimum absolute atomic E-state index is 0.248. The highest BCUT2D eigenvalue weighted by atomic mass is 32.1. The van der Waals surface area contributed by atoms with Crippen LogP contribution >= 0.6 is 11.3 Å². The third kappa shape index (κ3) is 4.83. The van der Waals surface area contributed by atoms with Gasteiger partial charge in [0.1, 0.15) is 10.7 Å². The fraction of sp³-hybridized carbons (Fsp3) is 0.138. The summed E-state index contributed by atoms with van der Waals surface area (Å²) in [6, 6.07) is 9.00. The molecule has 1 N–H and O–H groups in total. The third-order valence-corrected chi connectivity index (χ3v) is 6.89. The predicted octanol–water partition coefficient (Wildman–Crippen LogP) is 3.24. The highest BCUT2D eigenvalue weighted by Crippen LogP contribution is 2.37. The molecule has 39 heavy (non-hydrogen) atoms. The number of aliphatic hydroxyl groups excluding tert-OH is 1. The van der Waals surface area contributed by atoms with E-state index in [0.29, 0.717) is 55.4 Å². The molecule has 0 aliphatic rings. The van der Waals surface area contributed by atoms with Crippen molar-refractivity contribution < 1.29 is 14.6 Å². The summed E-state index contributed by atoms with van der Waals surface area (Å²) < 4.78 is 12.2. The molecular weight excluding hydrogens is 514 g/mol. The maximum atomic E-state index is 13.6. The summed E-state index contributed by atoms with van der Waals surface area (Å²) in [6.07, 6.45) is 8.60. The summed E-state index contributed by atoms with van der Waals surface area (Å²) in [7, 11) is 3.13. The number of rotatable bonds is 7. The number of hydrogen-bond donors (Lipinski definition) is 1. The number of hydrogen-bond acceptors (Lipinski definition) is 9. The lowest BCUT2D eigenvalue weighted by Gasteiger charge is -2.14. The van der Waals surface area contributed by atoms with Crippen LogP contribution in [0.1, 0.15) is 12.6 Å². The van der Waals surface area contributed by atoms with Crippen LogP contribution in [-0.2, 0) is 6.61 Å². The van der Waals surface area contributed by atoms with Crippen molar-refractivity contribution in [2.24, 2.45) is 0 Å².